The number of aromatic nitrogens is 4. The van der Waals surface area contributed by atoms with E-state index in [9.17, 15) is 9.90 Å². The van der Waals surface area contributed by atoms with Crippen molar-refractivity contribution in [1.29, 1.82) is 0 Å². The molecule has 0 bridgehead atoms. The second-order valence-electron chi connectivity index (χ2n) is 5.93. The van der Waals surface area contributed by atoms with Crippen molar-refractivity contribution >= 4 is 17.0 Å². The molecule has 25 heavy (non-hydrogen) atoms. The van der Waals surface area contributed by atoms with Crippen molar-refractivity contribution in [3.8, 4) is 5.69 Å². The van der Waals surface area contributed by atoms with Crippen LogP contribution in [0.25, 0.3) is 16.7 Å². The Bertz CT molecular complexity index is 1050. The molecule has 1 aromatic carbocycles. The predicted octanol–water partition coefficient (Wildman–Crippen LogP) is 3.05. The monoisotopic (exact) mass is 332 g/mol. The van der Waals surface area contributed by atoms with E-state index in [0.717, 1.165) is 22.3 Å². The Hall–Kier alpha value is -3.41. The van der Waals surface area contributed by atoms with E-state index in [2.05, 4.69) is 10.1 Å². The van der Waals surface area contributed by atoms with E-state index >= 15 is 0 Å². The highest BCUT2D eigenvalue weighted by Crippen LogP contribution is 2.22. The summed E-state index contributed by atoms with van der Waals surface area (Å²) in [4.78, 5) is 15.6. The maximum atomic E-state index is 11.4. The van der Waals surface area contributed by atoms with Gasteiger partial charge in [-0.3, -0.25) is 0 Å². The molecule has 4 rings (SSSR count). The fourth-order valence-corrected chi connectivity index (χ4v) is 3.05. The molecule has 0 amide bonds. The van der Waals surface area contributed by atoms with Crippen LogP contribution in [0.1, 0.15) is 21.6 Å². The summed E-state index contributed by atoms with van der Waals surface area (Å²) >= 11 is 0. The van der Waals surface area contributed by atoms with Crippen molar-refractivity contribution in [2.45, 2.75) is 6.42 Å². The molecule has 6 nitrogen and oxygen atoms in total. The van der Waals surface area contributed by atoms with Crippen LogP contribution in [0, 0.1) is 0 Å². The van der Waals surface area contributed by atoms with Crippen LogP contribution in [0.4, 0.5) is 0 Å². The van der Waals surface area contributed by atoms with E-state index in [1.165, 1.54) is 0 Å². The number of fused-ring (bicyclic) bond motifs is 1. The number of carboxylic acid groups (broad SMARTS) is 1. The summed E-state index contributed by atoms with van der Waals surface area (Å²) in [5, 5.41) is 13.5. The van der Waals surface area contributed by atoms with E-state index in [0.29, 0.717) is 11.9 Å². The Morgan fingerprint density at radius 1 is 1.16 bits per heavy atom. The Labute approximate surface area is 144 Å². The number of carbonyl (C=O) groups is 1. The minimum Gasteiger partial charge on any atom is -0.477 e. The first kappa shape index (κ1) is 15.1. The number of hydrogen-bond acceptors (Lipinski definition) is 3. The molecule has 1 N–H and O–H groups in total. The van der Waals surface area contributed by atoms with E-state index in [1.54, 1.807) is 16.9 Å². The fourth-order valence-electron chi connectivity index (χ4n) is 3.05. The summed E-state index contributed by atoms with van der Waals surface area (Å²) in [7, 11) is 1.94. The molecule has 0 aliphatic rings. The molecule has 0 spiro atoms. The summed E-state index contributed by atoms with van der Waals surface area (Å²) < 4.78 is 3.77. The van der Waals surface area contributed by atoms with Gasteiger partial charge in [-0.05, 0) is 47.9 Å². The Kier molecular flexibility index (Phi) is 3.57. The molecule has 0 aliphatic carbocycles. The molecule has 0 unspecified atom stereocenters. The predicted molar refractivity (Wildman–Crippen MR) is 94.0 cm³/mol. The SMILES string of the molecule is Cn1ccc2nc(C(=O)O)cc(Cc3ccc(-n4cccn4)cc3)c21. The van der Waals surface area contributed by atoms with E-state index in [1.807, 2.05) is 60.4 Å². The first-order valence-corrected chi connectivity index (χ1v) is 7.89. The Morgan fingerprint density at radius 2 is 1.96 bits per heavy atom. The largest absolute Gasteiger partial charge is 0.477 e. The quantitative estimate of drug-likeness (QED) is 0.623. The van der Waals surface area contributed by atoms with Crippen LogP contribution in [-0.2, 0) is 13.5 Å². The maximum Gasteiger partial charge on any atom is 0.354 e. The minimum atomic E-state index is -1.01. The van der Waals surface area contributed by atoms with Crippen molar-refractivity contribution in [3.63, 3.8) is 0 Å². The summed E-state index contributed by atoms with van der Waals surface area (Å²) in [5.74, 6) is -1.01. The average molecular weight is 332 g/mol. The summed E-state index contributed by atoms with van der Waals surface area (Å²) in [6, 6.07) is 13.5. The molecule has 0 radical (unpaired) electrons. The lowest BCUT2D eigenvalue weighted by atomic mass is 10.0. The van der Waals surface area contributed by atoms with Gasteiger partial charge in [-0.25, -0.2) is 14.5 Å². The molecule has 4 aromatic rings. The van der Waals surface area contributed by atoms with Crippen LogP contribution in [0.15, 0.2) is 61.1 Å². The molecule has 0 saturated heterocycles. The van der Waals surface area contributed by atoms with Gasteiger partial charge in [0.15, 0.2) is 0 Å². The average Bonchev–Trinajstić information content (AvgIpc) is 3.26. The number of aryl methyl sites for hydroxylation is 1. The van der Waals surface area contributed by atoms with Gasteiger partial charge < -0.3 is 9.67 Å². The zero-order valence-electron chi connectivity index (χ0n) is 13.6. The number of pyridine rings is 1. The van der Waals surface area contributed by atoms with Crippen LogP contribution in [0.5, 0.6) is 0 Å². The Morgan fingerprint density at radius 3 is 2.64 bits per heavy atom. The molecule has 0 saturated carbocycles. The van der Waals surface area contributed by atoms with Crippen LogP contribution in [0.2, 0.25) is 0 Å². The maximum absolute atomic E-state index is 11.4. The van der Waals surface area contributed by atoms with Crippen molar-refractivity contribution < 1.29 is 9.90 Å². The van der Waals surface area contributed by atoms with E-state index in [-0.39, 0.29) is 5.69 Å². The standard InChI is InChI=1S/C19H16N4O2/c1-22-10-7-16-18(22)14(12-17(21-16)19(24)25)11-13-3-5-15(6-4-13)23-9-2-8-20-23/h2-10,12H,11H2,1H3,(H,24,25). The second kappa shape index (κ2) is 5.90. The molecular formula is C19H16N4O2. The molecule has 0 aliphatic heterocycles. The third kappa shape index (κ3) is 2.78. The van der Waals surface area contributed by atoms with E-state index in [4.69, 9.17) is 0 Å². The number of benzene rings is 1. The number of aromatic carboxylic acids is 1. The van der Waals surface area contributed by atoms with Crippen molar-refractivity contribution in [2.24, 2.45) is 7.05 Å². The highest BCUT2D eigenvalue weighted by atomic mass is 16.4. The first-order chi connectivity index (χ1) is 12.1. The van der Waals surface area contributed by atoms with Crippen molar-refractivity contribution in [3.05, 3.63) is 77.9 Å². The fraction of sp³-hybridized carbons (Fsp3) is 0.105. The van der Waals surface area contributed by atoms with Crippen molar-refractivity contribution in [2.75, 3.05) is 0 Å². The third-order valence-electron chi connectivity index (χ3n) is 4.23. The van der Waals surface area contributed by atoms with Crippen molar-refractivity contribution in [1.82, 2.24) is 19.3 Å². The highest BCUT2D eigenvalue weighted by molar-refractivity contribution is 5.90. The molecule has 0 atom stereocenters. The topological polar surface area (TPSA) is 72.9 Å². The minimum absolute atomic E-state index is 0.0712. The number of nitrogens with zero attached hydrogens (tertiary/aromatic N) is 4. The first-order valence-electron chi connectivity index (χ1n) is 7.89. The lowest BCUT2D eigenvalue weighted by Crippen LogP contribution is -2.04. The summed E-state index contributed by atoms with van der Waals surface area (Å²) in [5.41, 5.74) is 4.76. The number of hydrogen-bond donors (Lipinski definition) is 1. The van der Waals surface area contributed by atoms with Gasteiger partial charge in [0.25, 0.3) is 0 Å². The number of carboxylic acids is 1. The molecule has 3 aromatic heterocycles. The smallest absolute Gasteiger partial charge is 0.354 e. The zero-order valence-corrected chi connectivity index (χ0v) is 13.6. The van der Waals surface area contributed by atoms with Gasteiger partial charge in [0.05, 0.1) is 16.7 Å². The lowest BCUT2D eigenvalue weighted by molar-refractivity contribution is 0.0691. The lowest BCUT2D eigenvalue weighted by Gasteiger charge is -2.09. The number of rotatable bonds is 4. The summed E-state index contributed by atoms with van der Waals surface area (Å²) in [6.45, 7) is 0. The van der Waals surface area contributed by atoms with Gasteiger partial charge >= 0.3 is 5.97 Å². The molecule has 0 fully saturated rings. The van der Waals surface area contributed by atoms with Gasteiger partial charge in [0.2, 0.25) is 0 Å². The highest BCUT2D eigenvalue weighted by Gasteiger charge is 2.13. The van der Waals surface area contributed by atoms with Gasteiger partial charge in [-0.1, -0.05) is 12.1 Å². The van der Waals surface area contributed by atoms with Gasteiger partial charge in [0.1, 0.15) is 5.69 Å². The molecular weight excluding hydrogens is 316 g/mol. The summed E-state index contributed by atoms with van der Waals surface area (Å²) in [6.07, 6.45) is 6.17. The molecule has 6 heteroatoms. The molecule has 3 heterocycles. The zero-order chi connectivity index (χ0) is 17.4. The van der Waals surface area contributed by atoms with Crippen LogP contribution in [0.3, 0.4) is 0 Å². The van der Waals surface area contributed by atoms with Crippen LogP contribution >= 0.6 is 0 Å². The Balaban J connectivity index is 1.72. The van der Waals surface area contributed by atoms with Gasteiger partial charge in [-0.15, -0.1) is 0 Å². The van der Waals surface area contributed by atoms with Gasteiger partial charge in [-0.2, -0.15) is 5.10 Å². The third-order valence-corrected chi connectivity index (χ3v) is 4.23. The van der Waals surface area contributed by atoms with Gasteiger partial charge in [0, 0.05) is 25.6 Å². The normalized spacial score (nSPS) is 11.1. The second-order valence-corrected chi connectivity index (χ2v) is 5.93. The van der Waals surface area contributed by atoms with E-state index < -0.39 is 5.97 Å². The van der Waals surface area contributed by atoms with Crippen LogP contribution < -0.4 is 0 Å². The molecule has 124 valence electrons. The van der Waals surface area contributed by atoms with Crippen LogP contribution in [-0.4, -0.2) is 30.4 Å².